The van der Waals surface area contributed by atoms with Crippen LogP contribution in [0.3, 0.4) is 0 Å². The quantitative estimate of drug-likeness (QED) is 0.847. The van der Waals surface area contributed by atoms with Gasteiger partial charge >= 0.3 is 0 Å². The predicted octanol–water partition coefficient (Wildman–Crippen LogP) is 2.62. The zero-order valence-electron chi connectivity index (χ0n) is 10.1. The molecule has 1 heterocycles. The van der Waals surface area contributed by atoms with Crippen LogP contribution in [-0.4, -0.2) is 15.7 Å². The lowest BCUT2D eigenvalue weighted by Gasteiger charge is -2.02. The molecule has 0 aliphatic heterocycles. The molecule has 0 unspecified atom stereocenters. The van der Waals surface area contributed by atoms with E-state index >= 15 is 0 Å². The number of hydrogen-bond acceptors (Lipinski definition) is 2. The van der Waals surface area contributed by atoms with Crippen molar-refractivity contribution < 1.29 is 5.11 Å². The van der Waals surface area contributed by atoms with Crippen LogP contribution in [0.15, 0.2) is 24.4 Å². The number of phenolic OH excluding ortho intramolecular Hbond substituents is 1. The Balaban J connectivity index is 2.02. The fraction of sp³-hybridized carbons (Fsp3) is 0.429. The van der Waals surface area contributed by atoms with E-state index in [-0.39, 0.29) is 0 Å². The van der Waals surface area contributed by atoms with Gasteiger partial charge in [-0.15, -0.1) is 0 Å². The van der Waals surface area contributed by atoms with Crippen molar-refractivity contribution in [1.82, 2.24) is 9.88 Å². The van der Waals surface area contributed by atoms with Gasteiger partial charge in [0.25, 0.3) is 0 Å². The number of benzene rings is 1. The second-order valence-corrected chi connectivity index (χ2v) is 4.77. The summed E-state index contributed by atoms with van der Waals surface area (Å²) in [5, 5.41) is 14.5. The second-order valence-electron chi connectivity index (χ2n) is 4.77. The van der Waals surface area contributed by atoms with Gasteiger partial charge in [0.05, 0.1) is 5.52 Å². The minimum atomic E-state index is 0.391. The van der Waals surface area contributed by atoms with Crippen molar-refractivity contribution in [1.29, 1.82) is 0 Å². The fourth-order valence-corrected chi connectivity index (χ4v) is 2.36. The smallest absolute Gasteiger partial charge is 0.125 e. The van der Waals surface area contributed by atoms with E-state index in [9.17, 15) is 5.11 Å². The lowest BCUT2D eigenvalue weighted by Crippen LogP contribution is -2.14. The van der Waals surface area contributed by atoms with E-state index in [1.807, 2.05) is 6.07 Å². The highest BCUT2D eigenvalue weighted by atomic mass is 16.3. The van der Waals surface area contributed by atoms with Crippen molar-refractivity contribution in [3.8, 4) is 5.75 Å². The van der Waals surface area contributed by atoms with Crippen LogP contribution in [0.1, 0.15) is 25.3 Å². The highest BCUT2D eigenvalue weighted by molar-refractivity contribution is 5.89. The third-order valence-electron chi connectivity index (χ3n) is 3.46. The molecule has 0 saturated heterocycles. The minimum absolute atomic E-state index is 0.391. The number of aryl methyl sites for hydroxylation is 1. The van der Waals surface area contributed by atoms with Crippen LogP contribution < -0.4 is 5.32 Å². The molecule has 17 heavy (non-hydrogen) atoms. The molecule has 1 fully saturated rings. The minimum Gasteiger partial charge on any atom is -0.507 e. The summed E-state index contributed by atoms with van der Waals surface area (Å²) in [5.41, 5.74) is 2.33. The molecule has 0 atom stereocenters. The number of fused-ring (bicyclic) bond motifs is 1. The molecule has 0 spiro atoms. The van der Waals surface area contributed by atoms with Gasteiger partial charge in [0.15, 0.2) is 0 Å². The average Bonchev–Trinajstić information content (AvgIpc) is 3.08. The summed E-state index contributed by atoms with van der Waals surface area (Å²) in [4.78, 5) is 0. The van der Waals surface area contributed by atoms with Gasteiger partial charge in [-0.1, -0.05) is 6.07 Å². The molecule has 90 valence electrons. The van der Waals surface area contributed by atoms with Crippen LogP contribution >= 0.6 is 0 Å². The van der Waals surface area contributed by atoms with E-state index in [2.05, 4.69) is 29.1 Å². The molecule has 1 aliphatic carbocycles. The van der Waals surface area contributed by atoms with Crippen molar-refractivity contribution >= 4 is 10.9 Å². The molecular weight excluding hydrogens is 212 g/mol. The Labute approximate surface area is 101 Å². The van der Waals surface area contributed by atoms with E-state index in [4.69, 9.17) is 0 Å². The number of rotatable bonds is 4. The maximum absolute atomic E-state index is 10.0. The molecule has 0 bridgehead atoms. The van der Waals surface area contributed by atoms with Crippen LogP contribution in [0, 0.1) is 0 Å². The summed E-state index contributed by atoms with van der Waals surface area (Å²) >= 11 is 0. The Morgan fingerprint density at radius 1 is 1.41 bits per heavy atom. The fourth-order valence-electron chi connectivity index (χ4n) is 2.36. The first-order chi connectivity index (χ1) is 8.29. The van der Waals surface area contributed by atoms with Crippen molar-refractivity contribution in [3.63, 3.8) is 0 Å². The Morgan fingerprint density at radius 3 is 2.94 bits per heavy atom. The molecule has 2 aromatic rings. The number of hydrogen-bond donors (Lipinski definition) is 2. The Hall–Kier alpha value is -1.48. The number of nitrogens with zero attached hydrogens (tertiary/aromatic N) is 1. The Morgan fingerprint density at radius 2 is 2.24 bits per heavy atom. The van der Waals surface area contributed by atoms with Crippen LogP contribution in [0.4, 0.5) is 0 Å². The van der Waals surface area contributed by atoms with Gasteiger partial charge < -0.3 is 15.0 Å². The highest BCUT2D eigenvalue weighted by Gasteiger charge is 2.21. The summed E-state index contributed by atoms with van der Waals surface area (Å²) in [7, 11) is 0. The molecule has 1 saturated carbocycles. The molecule has 0 radical (unpaired) electrons. The normalized spacial score (nSPS) is 15.6. The van der Waals surface area contributed by atoms with Gasteiger partial charge in [0.1, 0.15) is 5.75 Å². The molecule has 1 aliphatic rings. The van der Waals surface area contributed by atoms with E-state index in [1.54, 1.807) is 6.07 Å². The summed E-state index contributed by atoms with van der Waals surface area (Å²) in [5.74, 6) is 0.391. The first kappa shape index (κ1) is 10.7. The number of phenols is 1. The summed E-state index contributed by atoms with van der Waals surface area (Å²) in [6.07, 6.45) is 4.73. The lowest BCUT2D eigenvalue weighted by atomic mass is 10.1. The van der Waals surface area contributed by atoms with E-state index < -0.39 is 0 Å². The molecule has 1 aromatic carbocycles. The molecule has 3 nitrogen and oxygen atoms in total. The van der Waals surface area contributed by atoms with Crippen molar-refractivity contribution in [2.45, 2.75) is 38.9 Å². The molecule has 2 N–H and O–H groups in total. The summed E-state index contributed by atoms with van der Waals surface area (Å²) in [6.45, 7) is 3.91. The molecule has 1 aromatic heterocycles. The standard InChI is InChI=1S/C14H18N2O/c1-2-16-9-10(8-15-11-6-7-11)14-12(16)4-3-5-13(14)17/h3-5,9,11,15,17H,2,6-8H2,1H3. The van der Waals surface area contributed by atoms with E-state index in [0.29, 0.717) is 11.8 Å². The van der Waals surface area contributed by atoms with Crippen molar-refractivity contribution in [2.75, 3.05) is 0 Å². The largest absolute Gasteiger partial charge is 0.507 e. The number of aromatic hydroxyl groups is 1. The Bertz CT molecular complexity index is 540. The number of aromatic nitrogens is 1. The van der Waals surface area contributed by atoms with Crippen LogP contribution in [0.2, 0.25) is 0 Å². The zero-order chi connectivity index (χ0) is 11.8. The van der Waals surface area contributed by atoms with Gasteiger partial charge in [0.2, 0.25) is 0 Å². The Kier molecular flexibility index (Phi) is 2.56. The van der Waals surface area contributed by atoms with Crippen LogP contribution in [0.25, 0.3) is 10.9 Å². The maximum Gasteiger partial charge on any atom is 0.125 e. The zero-order valence-corrected chi connectivity index (χ0v) is 10.1. The van der Waals surface area contributed by atoms with Gasteiger partial charge in [-0.05, 0) is 37.5 Å². The predicted molar refractivity (Wildman–Crippen MR) is 69.1 cm³/mol. The monoisotopic (exact) mass is 230 g/mol. The molecular formula is C14H18N2O. The van der Waals surface area contributed by atoms with E-state index in [0.717, 1.165) is 24.0 Å². The van der Waals surface area contributed by atoms with Gasteiger partial charge in [-0.3, -0.25) is 0 Å². The second kappa shape index (κ2) is 4.08. The van der Waals surface area contributed by atoms with Crippen molar-refractivity contribution in [3.05, 3.63) is 30.0 Å². The van der Waals surface area contributed by atoms with Gasteiger partial charge in [-0.25, -0.2) is 0 Å². The topological polar surface area (TPSA) is 37.2 Å². The van der Waals surface area contributed by atoms with Crippen molar-refractivity contribution in [2.24, 2.45) is 0 Å². The lowest BCUT2D eigenvalue weighted by molar-refractivity contribution is 0.481. The first-order valence-electron chi connectivity index (χ1n) is 6.32. The van der Waals surface area contributed by atoms with E-state index in [1.165, 1.54) is 18.4 Å². The van der Waals surface area contributed by atoms with Crippen LogP contribution in [0.5, 0.6) is 5.75 Å². The third kappa shape index (κ3) is 1.91. The summed E-state index contributed by atoms with van der Waals surface area (Å²) < 4.78 is 2.19. The molecule has 3 heteroatoms. The third-order valence-corrected chi connectivity index (χ3v) is 3.46. The van der Waals surface area contributed by atoms with Gasteiger partial charge in [-0.2, -0.15) is 0 Å². The molecule has 0 amide bonds. The first-order valence-corrected chi connectivity index (χ1v) is 6.32. The van der Waals surface area contributed by atoms with Crippen LogP contribution in [-0.2, 0) is 13.1 Å². The maximum atomic E-state index is 10.0. The SMILES string of the molecule is CCn1cc(CNC2CC2)c2c(O)cccc21. The highest BCUT2D eigenvalue weighted by Crippen LogP contribution is 2.30. The number of nitrogens with one attached hydrogen (secondary N) is 1. The average molecular weight is 230 g/mol. The molecule has 3 rings (SSSR count). The summed E-state index contributed by atoms with van der Waals surface area (Å²) in [6, 6.07) is 6.44. The van der Waals surface area contributed by atoms with Gasteiger partial charge in [0, 0.05) is 30.7 Å².